The minimum absolute atomic E-state index is 0.0141. The molecule has 1 aromatic rings. The van der Waals surface area contributed by atoms with Gasteiger partial charge in [0, 0.05) is 6.20 Å². The maximum atomic E-state index is 13.9. The molecule has 25 heavy (non-hydrogen) atoms. The summed E-state index contributed by atoms with van der Waals surface area (Å²) in [4.78, 5) is 12.1. The first-order valence-corrected chi connectivity index (χ1v) is 9.94. The number of hydrogen-bond acceptors (Lipinski definition) is 2. The lowest BCUT2D eigenvalue weighted by Gasteiger charge is -2.24. The van der Waals surface area contributed by atoms with E-state index in [0.717, 1.165) is 18.4 Å². The van der Waals surface area contributed by atoms with Crippen molar-refractivity contribution in [1.29, 1.82) is 0 Å². The van der Waals surface area contributed by atoms with E-state index in [1.807, 2.05) is 0 Å². The van der Waals surface area contributed by atoms with Crippen LogP contribution in [0.2, 0.25) is 0 Å². The molecule has 0 unspecified atom stereocenters. The predicted molar refractivity (Wildman–Crippen MR) is 102 cm³/mol. The van der Waals surface area contributed by atoms with Gasteiger partial charge in [-0.05, 0) is 36.8 Å². The zero-order chi connectivity index (χ0) is 18.7. The zero-order valence-corrected chi connectivity index (χ0v) is 16.6. The number of carbonyl (C=O) groups is 1. The second-order valence-electron chi connectivity index (χ2n) is 7.83. The molecule has 1 aromatic heterocycles. The van der Waals surface area contributed by atoms with Crippen LogP contribution in [-0.4, -0.2) is 17.4 Å². The van der Waals surface area contributed by atoms with E-state index in [1.54, 1.807) is 13.0 Å². The Bertz CT molecular complexity index is 508. The summed E-state index contributed by atoms with van der Waals surface area (Å²) in [6.07, 6.45) is 13.8. The van der Waals surface area contributed by atoms with Crippen LogP contribution in [0.3, 0.4) is 0 Å². The summed E-state index contributed by atoms with van der Waals surface area (Å²) in [6.45, 7) is 8.65. The summed E-state index contributed by atoms with van der Waals surface area (Å²) in [5.41, 5.74) is 0.949. The van der Waals surface area contributed by atoms with Crippen LogP contribution in [0.4, 0.5) is 4.48 Å². The number of halogens is 1. The summed E-state index contributed by atoms with van der Waals surface area (Å²) in [5, 5.41) is 0. The molecule has 0 saturated carbocycles. The molecule has 0 aliphatic heterocycles. The first-order chi connectivity index (χ1) is 11.9. The third-order valence-corrected chi connectivity index (χ3v) is 4.71. The van der Waals surface area contributed by atoms with Gasteiger partial charge in [-0.3, -0.25) is 0 Å². The summed E-state index contributed by atoms with van der Waals surface area (Å²) in [6, 6.07) is 1.62. The lowest BCUT2D eigenvalue weighted by Crippen LogP contribution is -2.14. The molecule has 4 heteroatoms. The van der Waals surface area contributed by atoms with Gasteiger partial charge in [0.15, 0.2) is 5.69 Å². The van der Waals surface area contributed by atoms with Crippen molar-refractivity contribution >= 4 is 5.97 Å². The Kier molecular flexibility index (Phi) is 9.84. The summed E-state index contributed by atoms with van der Waals surface area (Å²) < 4.78 is 18.7. The molecule has 0 bridgehead atoms. The number of unbranched alkanes of at least 4 members (excludes halogenated alkanes) is 7. The highest BCUT2D eigenvalue weighted by Gasteiger charge is 2.22. The number of hydrogen-bond donors (Lipinski definition) is 0. The van der Waals surface area contributed by atoms with Gasteiger partial charge in [-0.2, -0.15) is 4.79 Å². The summed E-state index contributed by atoms with van der Waals surface area (Å²) >= 11 is 0. The first kappa shape index (κ1) is 21.7. The number of carbonyl (C=O) groups excluding carboxylic acids is 1. The van der Waals surface area contributed by atoms with E-state index in [1.165, 1.54) is 57.6 Å². The quantitative estimate of drug-likeness (QED) is 0.299. The van der Waals surface area contributed by atoms with Crippen molar-refractivity contribution in [3.63, 3.8) is 0 Å². The highest BCUT2D eigenvalue weighted by Crippen LogP contribution is 2.29. The standard InChI is InChI=1S/C21H36FNO2/c1-5-7-8-9-10-11-12-13-14-21(3,4)16-18-15-19(23(22)17-18)20(24)25-6-2/h15,17H,5-14,16H2,1-4H3. The lowest BCUT2D eigenvalue weighted by molar-refractivity contribution is 0.0502. The van der Waals surface area contributed by atoms with Crippen LogP contribution in [0.1, 0.15) is 102 Å². The molecule has 0 aliphatic rings. The van der Waals surface area contributed by atoms with Gasteiger partial charge in [0.2, 0.25) is 0 Å². The van der Waals surface area contributed by atoms with Crippen molar-refractivity contribution in [2.45, 2.75) is 91.9 Å². The van der Waals surface area contributed by atoms with Crippen molar-refractivity contribution in [2.75, 3.05) is 6.61 Å². The van der Waals surface area contributed by atoms with Gasteiger partial charge in [0.1, 0.15) is 0 Å². The Labute approximate surface area is 152 Å². The molecule has 0 amide bonds. The normalized spacial score (nSPS) is 11.7. The van der Waals surface area contributed by atoms with Crippen LogP contribution in [-0.2, 0) is 11.2 Å². The molecular formula is C21H36FNO2. The number of ether oxygens (including phenoxy) is 1. The molecule has 0 saturated heterocycles. The number of aromatic nitrogens is 1. The second-order valence-corrected chi connectivity index (χ2v) is 7.83. The summed E-state index contributed by atoms with van der Waals surface area (Å²) in [5.74, 6) is -0.600. The maximum absolute atomic E-state index is 13.9. The van der Waals surface area contributed by atoms with Crippen LogP contribution in [0.15, 0.2) is 12.3 Å². The van der Waals surface area contributed by atoms with E-state index in [0.29, 0.717) is 4.79 Å². The Morgan fingerprint density at radius 1 is 1.08 bits per heavy atom. The molecule has 3 nitrogen and oxygen atoms in total. The van der Waals surface area contributed by atoms with E-state index < -0.39 is 5.97 Å². The number of nitrogens with zero attached hydrogens (tertiary/aromatic N) is 1. The molecule has 0 radical (unpaired) electrons. The monoisotopic (exact) mass is 353 g/mol. The van der Waals surface area contributed by atoms with Gasteiger partial charge >= 0.3 is 5.97 Å². The van der Waals surface area contributed by atoms with E-state index in [4.69, 9.17) is 4.74 Å². The fourth-order valence-electron chi connectivity index (χ4n) is 3.32. The third-order valence-electron chi connectivity index (χ3n) is 4.71. The smallest absolute Gasteiger partial charge is 0.357 e. The zero-order valence-electron chi connectivity index (χ0n) is 16.6. The van der Waals surface area contributed by atoms with Crippen LogP contribution in [0.25, 0.3) is 0 Å². The third kappa shape index (κ3) is 8.55. The average Bonchev–Trinajstić information content (AvgIpc) is 2.90. The van der Waals surface area contributed by atoms with Gasteiger partial charge in [-0.15, -0.1) is 0 Å². The van der Waals surface area contributed by atoms with E-state index in [9.17, 15) is 9.28 Å². The molecule has 0 fully saturated rings. The number of esters is 1. The molecule has 0 N–H and O–H groups in total. The van der Waals surface area contributed by atoms with Gasteiger partial charge in [0.05, 0.1) is 6.61 Å². The fraction of sp³-hybridized carbons (Fsp3) is 0.762. The Balaban J connectivity index is 2.35. The Morgan fingerprint density at radius 2 is 1.68 bits per heavy atom. The lowest BCUT2D eigenvalue weighted by atomic mass is 9.81. The molecular weight excluding hydrogens is 317 g/mol. The first-order valence-electron chi connectivity index (χ1n) is 9.94. The topological polar surface area (TPSA) is 31.2 Å². The number of rotatable bonds is 13. The molecule has 0 atom stereocenters. The largest absolute Gasteiger partial charge is 0.461 e. The van der Waals surface area contributed by atoms with Crippen molar-refractivity contribution in [3.8, 4) is 0 Å². The average molecular weight is 354 g/mol. The Morgan fingerprint density at radius 3 is 2.28 bits per heavy atom. The molecule has 0 aliphatic carbocycles. The van der Waals surface area contributed by atoms with Crippen LogP contribution in [0.5, 0.6) is 0 Å². The molecule has 144 valence electrons. The van der Waals surface area contributed by atoms with E-state index >= 15 is 0 Å². The fourth-order valence-corrected chi connectivity index (χ4v) is 3.32. The van der Waals surface area contributed by atoms with Crippen molar-refractivity contribution < 1.29 is 14.0 Å². The van der Waals surface area contributed by atoms with Crippen molar-refractivity contribution in [3.05, 3.63) is 23.5 Å². The van der Waals surface area contributed by atoms with Gasteiger partial charge in [-0.25, -0.2) is 4.79 Å². The highest BCUT2D eigenvalue weighted by atomic mass is 19.2. The van der Waals surface area contributed by atoms with Gasteiger partial charge in [-0.1, -0.05) is 76.6 Å². The van der Waals surface area contributed by atoms with E-state index in [2.05, 4.69) is 20.8 Å². The minimum atomic E-state index is -0.600. The molecule has 1 rings (SSSR count). The van der Waals surface area contributed by atoms with Crippen LogP contribution >= 0.6 is 0 Å². The highest BCUT2D eigenvalue weighted by molar-refractivity contribution is 5.87. The molecule has 1 heterocycles. The maximum Gasteiger partial charge on any atom is 0.357 e. The van der Waals surface area contributed by atoms with Gasteiger partial charge in [0.25, 0.3) is 0 Å². The van der Waals surface area contributed by atoms with Gasteiger partial charge < -0.3 is 4.74 Å². The molecule has 0 spiro atoms. The molecule has 0 aromatic carbocycles. The van der Waals surface area contributed by atoms with Crippen molar-refractivity contribution in [2.24, 2.45) is 5.41 Å². The van der Waals surface area contributed by atoms with Crippen molar-refractivity contribution in [1.82, 2.24) is 4.79 Å². The SMILES string of the molecule is CCCCCCCCCCC(C)(C)Cc1cc(C(=O)OCC)n(F)c1. The second kappa shape index (κ2) is 11.3. The van der Waals surface area contributed by atoms with E-state index in [-0.39, 0.29) is 17.7 Å². The van der Waals surface area contributed by atoms with Crippen LogP contribution < -0.4 is 0 Å². The predicted octanol–water partition coefficient (Wildman–Crippen LogP) is 6.50. The van der Waals surface area contributed by atoms with Crippen LogP contribution in [0, 0.1) is 5.41 Å². The summed E-state index contributed by atoms with van der Waals surface area (Å²) in [7, 11) is 0. The Hall–Kier alpha value is -1.32. The minimum Gasteiger partial charge on any atom is -0.461 e.